The second-order valence-electron chi connectivity index (χ2n) is 12.3. The topological polar surface area (TPSA) is 72.8 Å². The predicted octanol–water partition coefficient (Wildman–Crippen LogP) is 11.8. The number of aliphatic hydroxyl groups is 1. The third-order valence-electron chi connectivity index (χ3n) is 7.78. The van der Waals surface area contributed by atoms with Crippen molar-refractivity contribution in [1.82, 2.24) is 0 Å². The summed E-state index contributed by atoms with van der Waals surface area (Å²) < 4.78 is 10.5. The largest absolute Gasteiger partial charge is 0.462 e. The fourth-order valence-corrected chi connectivity index (χ4v) is 4.93. The van der Waals surface area contributed by atoms with Crippen molar-refractivity contribution in [3.05, 3.63) is 72.9 Å². The minimum Gasteiger partial charge on any atom is -0.462 e. The molecule has 0 aromatic carbocycles. The number of hydrogen-bond donors (Lipinski definition) is 1. The van der Waals surface area contributed by atoms with Gasteiger partial charge in [0.25, 0.3) is 0 Å². The van der Waals surface area contributed by atoms with Crippen molar-refractivity contribution in [2.45, 2.75) is 168 Å². The van der Waals surface area contributed by atoms with Gasteiger partial charge >= 0.3 is 11.9 Å². The highest BCUT2D eigenvalue weighted by molar-refractivity contribution is 5.70. The van der Waals surface area contributed by atoms with Gasteiger partial charge in [0.15, 0.2) is 6.10 Å². The first kappa shape index (κ1) is 44.3. The van der Waals surface area contributed by atoms with E-state index < -0.39 is 12.1 Å². The summed E-state index contributed by atoms with van der Waals surface area (Å²) in [7, 11) is 0. The van der Waals surface area contributed by atoms with E-state index in [-0.39, 0.29) is 25.6 Å². The standard InChI is InChI=1S/C42H70O5/c1-3-5-7-9-11-13-15-17-19-20-21-22-23-25-27-29-31-33-35-37-42(45)47-40(38-43)39-46-41(44)36-34-32-30-28-26-24-18-16-14-12-10-8-6-4-2/h5,7,11,13,17,19,21-22,25,27,31,33,40,43H,3-4,6,8-10,12,14-16,18,20,23-24,26,28-30,32,34-39H2,1-2H3/b7-5-,13-11-,19-17-,22-21-,27-25-,33-31-/t40-/m0/s1. The molecule has 0 aliphatic rings. The summed E-state index contributed by atoms with van der Waals surface area (Å²) in [5.41, 5.74) is 0. The number of carbonyl (C=O) groups excluding carboxylic acids is 2. The number of ether oxygens (including phenoxy) is 2. The molecule has 5 heteroatoms. The zero-order valence-electron chi connectivity index (χ0n) is 30.3. The lowest BCUT2D eigenvalue weighted by Gasteiger charge is -2.15. The number of esters is 2. The molecule has 0 rings (SSSR count). The molecule has 1 atom stereocenters. The van der Waals surface area contributed by atoms with Crippen molar-refractivity contribution in [2.24, 2.45) is 0 Å². The Morgan fingerprint density at radius 3 is 1.34 bits per heavy atom. The summed E-state index contributed by atoms with van der Waals surface area (Å²) in [4.78, 5) is 24.2. The Bertz CT molecular complexity index is 879. The SMILES string of the molecule is CC/C=C\C/C=C\C/C=C\C/C=C\C/C=C\C/C=C\CCC(=O)O[C@@H](CO)COC(=O)CCCCCCCCCCCCCCCC. The lowest BCUT2D eigenvalue weighted by molar-refractivity contribution is -0.161. The molecular formula is C42H70O5. The lowest BCUT2D eigenvalue weighted by Crippen LogP contribution is -2.28. The average Bonchev–Trinajstić information content (AvgIpc) is 3.07. The van der Waals surface area contributed by atoms with Crippen molar-refractivity contribution in [2.75, 3.05) is 13.2 Å². The molecule has 0 radical (unpaired) electrons. The summed E-state index contributed by atoms with van der Waals surface area (Å²) in [5, 5.41) is 9.53. The van der Waals surface area contributed by atoms with Crippen LogP contribution >= 0.6 is 0 Å². The lowest BCUT2D eigenvalue weighted by atomic mass is 10.0. The van der Waals surface area contributed by atoms with Crippen molar-refractivity contribution in [3.63, 3.8) is 0 Å². The molecule has 0 aromatic heterocycles. The second-order valence-corrected chi connectivity index (χ2v) is 12.3. The molecule has 0 aliphatic carbocycles. The van der Waals surface area contributed by atoms with Crippen LogP contribution in [0.15, 0.2) is 72.9 Å². The van der Waals surface area contributed by atoms with Gasteiger partial charge in [-0.2, -0.15) is 0 Å². The fraction of sp³-hybridized carbons (Fsp3) is 0.667. The van der Waals surface area contributed by atoms with Crippen LogP contribution in [0.25, 0.3) is 0 Å². The van der Waals surface area contributed by atoms with Gasteiger partial charge in [-0.25, -0.2) is 0 Å². The number of hydrogen-bond acceptors (Lipinski definition) is 5. The quantitative estimate of drug-likeness (QED) is 0.0433. The summed E-state index contributed by atoms with van der Waals surface area (Å²) in [5.74, 6) is -0.692. The van der Waals surface area contributed by atoms with Gasteiger partial charge in [0, 0.05) is 12.8 Å². The van der Waals surface area contributed by atoms with Gasteiger partial charge in [-0.15, -0.1) is 0 Å². The molecule has 0 aliphatic heterocycles. The Kier molecular flexibility index (Phi) is 35.7. The smallest absolute Gasteiger partial charge is 0.306 e. The maximum Gasteiger partial charge on any atom is 0.306 e. The molecule has 5 nitrogen and oxygen atoms in total. The van der Waals surface area contributed by atoms with Crippen molar-refractivity contribution in [3.8, 4) is 0 Å². The van der Waals surface area contributed by atoms with Crippen molar-refractivity contribution in [1.29, 1.82) is 0 Å². The number of unbranched alkanes of at least 4 members (excludes halogenated alkanes) is 13. The molecule has 0 spiro atoms. The molecule has 0 heterocycles. The number of aliphatic hydroxyl groups excluding tert-OH is 1. The van der Waals surface area contributed by atoms with E-state index in [2.05, 4.69) is 74.6 Å². The number of carbonyl (C=O) groups is 2. The summed E-state index contributed by atoms with van der Waals surface area (Å²) in [6.45, 7) is 3.95. The van der Waals surface area contributed by atoms with Crippen molar-refractivity contribution >= 4 is 11.9 Å². The third kappa shape index (κ3) is 36.0. The Labute approximate surface area is 289 Å². The molecular weight excluding hydrogens is 584 g/mol. The van der Waals surface area contributed by atoms with Crippen LogP contribution in [0.3, 0.4) is 0 Å². The second kappa shape index (κ2) is 37.8. The highest BCUT2D eigenvalue weighted by atomic mass is 16.6. The van der Waals surface area contributed by atoms with E-state index in [1.165, 1.54) is 70.6 Å². The first-order valence-corrected chi connectivity index (χ1v) is 19.0. The van der Waals surface area contributed by atoms with Crippen LogP contribution in [-0.2, 0) is 19.1 Å². The molecule has 0 saturated heterocycles. The highest BCUT2D eigenvalue weighted by Crippen LogP contribution is 2.13. The molecule has 47 heavy (non-hydrogen) atoms. The molecule has 0 bridgehead atoms. The van der Waals surface area contributed by atoms with Gasteiger partial charge in [-0.05, 0) is 51.4 Å². The molecule has 0 amide bonds. The maximum atomic E-state index is 12.1. The van der Waals surface area contributed by atoms with E-state index in [0.29, 0.717) is 12.8 Å². The van der Waals surface area contributed by atoms with Crippen LogP contribution in [-0.4, -0.2) is 36.4 Å². The zero-order chi connectivity index (χ0) is 34.3. The van der Waals surface area contributed by atoms with Crippen LogP contribution in [0.2, 0.25) is 0 Å². The van der Waals surface area contributed by atoms with E-state index >= 15 is 0 Å². The monoisotopic (exact) mass is 655 g/mol. The predicted molar refractivity (Wildman–Crippen MR) is 200 cm³/mol. The van der Waals surface area contributed by atoms with E-state index in [9.17, 15) is 14.7 Å². The molecule has 0 aromatic rings. The Morgan fingerprint density at radius 1 is 0.511 bits per heavy atom. The molecule has 0 saturated carbocycles. The van der Waals surface area contributed by atoms with Gasteiger partial charge < -0.3 is 14.6 Å². The van der Waals surface area contributed by atoms with Crippen LogP contribution in [0, 0.1) is 0 Å². The fourth-order valence-electron chi connectivity index (χ4n) is 4.93. The first-order chi connectivity index (χ1) is 23.1. The molecule has 0 unspecified atom stereocenters. The van der Waals surface area contributed by atoms with E-state index in [1.54, 1.807) is 0 Å². The maximum absolute atomic E-state index is 12.1. The molecule has 0 fully saturated rings. The van der Waals surface area contributed by atoms with E-state index in [0.717, 1.165) is 57.8 Å². The normalized spacial score (nSPS) is 13.0. The van der Waals surface area contributed by atoms with Crippen LogP contribution in [0.4, 0.5) is 0 Å². The summed E-state index contributed by atoms with van der Waals surface area (Å²) in [6, 6.07) is 0. The van der Waals surface area contributed by atoms with Crippen LogP contribution in [0.5, 0.6) is 0 Å². The minimum atomic E-state index is -0.812. The Balaban J connectivity index is 3.72. The Morgan fingerprint density at radius 2 is 0.915 bits per heavy atom. The van der Waals surface area contributed by atoms with Gasteiger partial charge in [0.2, 0.25) is 0 Å². The van der Waals surface area contributed by atoms with Gasteiger partial charge in [-0.3, -0.25) is 9.59 Å². The third-order valence-corrected chi connectivity index (χ3v) is 7.78. The summed E-state index contributed by atoms with van der Waals surface area (Å²) in [6.07, 6.45) is 49.7. The van der Waals surface area contributed by atoms with E-state index in [1.807, 2.05) is 12.2 Å². The van der Waals surface area contributed by atoms with Gasteiger partial charge in [0.05, 0.1) is 6.61 Å². The Hall–Kier alpha value is -2.66. The van der Waals surface area contributed by atoms with Gasteiger partial charge in [-0.1, -0.05) is 170 Å². The van der Waals surface area contributed by atoms with Gasteiger partial charge in [0.1, 0.15) is 6.61 Å². The number of allylic oxidation sites excluding steroid dienone is 12. The van der Waals surface area contributed by atoms with E-state index in [4.69, 9.17) is 9.47 Å². The van der Waals surface area contributed by atoms with Crippen LogP contribution < -0.4 is 0 Å². The highest BCUT2D eigenvalue weighted by Gasteiger charge is 2.15. The minimum absolute atomic E-state index is 0.0976. The average molecular weight is 655 g/mol. The first-order valence-electron chi connectivity index (χ1n) is 19.0. The zero-order valence-corrected chi connectivity index (χ0v) is 30.3. The summed E-state index contributed by atoms with van der Waals surface area (Å²) >= 11 is 0. The number of rotatable bonds is 33. The van der Waals surface area contributed by atoms with Crippen molar-refractivity contribution < 1.29 is 24.2 Å². The van der Waals surface area contributed by atoms with Crippen LogP contribution in [0.1, 0.15) is 162 Å². The molecule has 268 valence electrons. The molecule has 1 N–H and O–H groups in total.